The fraction of sp³-hybridized carbons (Fsp3) is 0.500. The van der Waals surface area contributed by atoms with Crippen molar-refractivity contribution in [3.05, 3.63) is 41.8 Å². The molecule has 1 amide bonds. The van der Waals surface area contributed by atoms with Gasteiger partial charge in [0.2, 0.25) is 5.91 Å². The molecule has 1 aromatic carbocycles. The van der Waals surface area contributed by atoms with E-state index in [1.165, 1.54) is 6.07 Å². The molecule has 1 aromatic heterocycles. The van der Waals surface area contributed by atoms with Crippen LogP contribution in [0.15, 0.2) is 30.5 Å². The number of nitrogens with one attached hydrogen (secondary N) is 2. The van der Waals surface area contributed by atoms with E-state index in [-0.39, 0.29) is 24.2 Å². The van der Waals surface area contributed by atoms with E-state index in [2.05, 4.69) is 15.7 Å². The Kier molecular flexibility index (Phi) is 4.97. The molecule has 7 heteroatoms. The van der Waals surface area contributed by atoms with Crippen LogP contribution in [-0.2, 0) is 17.8 Å². The summed E-state index contributed by atoms with van der Waals surface area (Å²) < 4.78 is 16.4. The molecule has 1 saturated heterocycles. The Morgan fingerprint density at radius 3 is 2.96 bits per heavy atom. The van der Waals surface area contributed by atoms with Crippen LogP contribution in [0.25, 0.3) is 11.3 Å². The highest BCUT2D eigenvalue weighted by molar-refractivity contribution is 5.83. The van der Waals surface area contributed by atoms with Crippen LogP contribution in [-0.4, -0.2) is 33.9 Å². The van der Waals surface area contributed by atoms with E-state index in [4.69, 9.17) is 5.73 Å². The van der Waals surface area contributed by atoms with Crippen molar-refractivity contribution in [1.29, 1.82) is 0 Å². The standard InChI is InChI=1S/C20H26FN5O/c1-2-26-17(7-8-23-26)13-4-3-12(16(21)10-13)11-18(22)25-20(27)19-14-5-6-15(9-14)24-19/h3-4,7-8,10,14-15,18-19,24H,2,5-6,9,11,22H2,1H3,(H,25,27)/t14-,15+,18-,19-/m0/s1. The maximum atomic E-state index is 14.6. The smallest absolute Gasteiger partial charge is 0.238 e. The van der Waals surface area contributed by atoms with Crippen LogP contribution in [0.1, 0.15) is 31.7 Å². The van der Waals surface area contributed by atoms with Crippen LogP contribution in [0.4, 0.5) is 4.39 Å². The number of nitrogens with zero attached hydrogens (tertiary/aromatic N) is 2. The predicted molar refractivity (Wildman–Crippen MR) is 101 cm³/mol. The Labute approximate surface area is 158 Å². The molecule has 2 bridgehead atoms. The SMILES string of the molecule is CCn1nccc1-c1ccc(C[C@@H](N)NC(=O)[C@H]2N[C@@H]3CC[C@H]2C3)c(F)c1. The molecule has 144 valence electrons. The number of hydrogen-bond donors (Lipinski definition) is 3. The number of rotatable bonds is 6. The first-order chi connectivity index (χ1) is 13.0. The fourth-order valence-electron chi connectivity index (χ4n) is 4.41. The van der Waals surface area contributed by atoms with E-state index in [1.807, 2.05) is 23.7 Å². The van der Waals surface area contributed by atoms with Crippen molar-refractivity contribution >= 4 is 5.91 Å². The number of fused-ring (bicyclic) bond motifs is 2. The summed E-state index contributed by atoms with van der Waals surface area (Å²) in [6, 6.07) is 7.28. The third kappa shape index (κ3) is 3.61. The molecule has 0 radical (unpaired) electrons. The van der Waals surface area contributed by atoms with Gasteiger partial charge < -0.3 is 16.4 Å². The average molecular weight is 371 g/mol. The molecule has 1 aliphatic carbocycles. The lowest BCUT2D eigenvalue weighted by molar-refractivity contribution is -0.124. The fourth-order valence-corrected chi connectivity index (χ4v) is 4.41. The summed E-state index contributed by atoms with van der Waals surface area (Å²) in [6.07, 6.45) is 4.66. The molecule has 2 fully saturated rings. The van der Waals surface area contributed by atoms with Gasteiger partial charge in [0, 0.05) is 30.8 Å². The third-order valence-corrected chi connectivity index (χ3v) is 5.77. The van der Waals surface area contributed by atoms with Crippen LogP contribution in [0.5, 0.6) is 0 Å². The number of aromatic nitrogens is 2. The minimum atomic E-state index is -0.611. The van der Waals surface area contributed by atoms with Gasteiger partial charge in [0.25, 0.3) is 0 Å². The maximum absolute atomic E-state index is 14.6. The van der Waals surface area contributed by atoms with Gasteiger partial charge in [-0.05, 0) is 49.8 Å². The van der Waals surface area contributed by atoms with Crippen LogP contribution in [0.2, 0.25) is 0 Å². The van der Waals surface area contributed by atoms with E-state index >= 15 is 0 Å². The highest BCUT2D eigenvalue weighted by Gasteiger charge is 2.42. The number of benzene rings is 1. The second-order valence-electron chi connectivity index (χ2n) is 7.57. The Morgan fingerprint density at radius 2 is 2.30 bits per heavy atom. The maximum Gasteiger partial charge on any atom is 0.238 e. The summed E-state index contributed by atoms with van der Waals surface area (Å²) in [7, 11) is 0. The summed E-state index contributed by atoms with van der Waals surface area (Å²) in [4.78, 5) is 12.4. The third-order valence-electron chi connectivity index (χ3n) is 5.77. The molecule has 2 aliphatic rings. The highest BCUT2D eigenvalue weighted by atomic mass is 19.1. The molecule has 6 nitrogen and oxygen atoms in total. The lowest BCUT2D eigenvalue weighted by Crippen LogP contribution is -2.53. The summed E-state index contributed by atoms with van der Waals surface area (Å²) in [5.41, 5.74) is 8.23. The summed E-state index contributed by atoms with van der Waals surface area (Å²) >= 11 is 0. The van der Waals surface area contributed by atoms with E-state index in [0.29, 0.717) is 17.5 Å². The van der Waals surface area contributed by atoms with E-state index < -0.39 is 6.17 Å². The highest BCUT2D eigenvalue weighted by Crippen LogP contribution is 2.35. The predicted octanol–water partition coefficient (Wildman–Crippen LogP) is 1.79. The molecular formula is C20H26FN5O. The van der Waals surface area contributed by atoms with Crippen molar-refractivity contribution in [2.24, 2.45) is 11.7 Å². The summed E-state index contributed by atoms with van der Waals surface area (Å²) in [5.74, 6) is 0.0133. The molecule has 2 aromatic rings. The molecule has 4 atom stereocenters. The Balaban J connectivity index is 1.39. The van der Waals surface area contributed by atoms with Crippen LogP contribution < -0.4 is 16.4 Å². The first kappa shape index (κ1) is 18.1. The zero-order valence-electron chi connectivity index (χ0n) is 15.5. The number of piperidine rings is 1. The minimum absolute atomic E-state index is 0.0708. The van der Waals surface area contributed by atoms with Gasteiger partial charge in [0.1, 0.15) is 5.82 Å². The monoisotopic (exact) mass is 371 g/mol. The van der Waals surface area contributed by atoms with Crippen molar-refractivity contribution in [3.63, 3.8) is 0 Å². The molecular weight excluding hydrogens is 345 g/mol. The van der Waals surface area contributed by atoms with E-state index in [9.17, 15) is 9.18 Å². The van der Waals surface area contributed by atoms with Gasteiger partial charge in [0.15, 0.2) is 0 Å². The molecule has 0 unspecified atom stereocenters. The molecule has 27 heavy (non-hydrogen) atoms. The van der Waals surface area contributed by atoms with Crippen LogP contribution >= 0.6 is 0 Å². The number of carbonyl (C=O) groups excluding carboxylic acids is 1. The van der Waals surface area contributed by atoms with Crippen LogP contribution in [0.3, 0.4) is 0 Å². The van der Waals surface area contributed by atoms with Gasteiger partial charge in [0.05, 0.1) is 17.9 Å². The second kappa shape index (κ2) is 7.40. The van der Waals surface area contributed by atoms with Crippen molar-refractivity contribution in [1.82, 2.24) is 20.4 Å². The Morgan fingerprint density at radius 1 is 1.44 bits per heavy atom. The molecule has 4 N–H and O–H groups in total. The van der Waals surface area contributed by atoms with Crippen LogP contribution in [0, 0.1) is 11.7 Å². The quantitative estimate of drug-likeness (QED) is 0.676. The largest absolute Gasteiger partial charge is 0.339 e. The number of amides is 1. The van der Waals surface area contributed by atoms with Gasteiger partial charge in [-0.15, -0.1) is 0 Å². The first-order valence-corrected chi connectivity index (χ1v) is 9.67. The Hall–Kier alpha value is -2.25. The van der Waals surface area contributed by atoms with Gasteiger partial charge in [-0.2, -0.15) is 5.10 Å². The zero-order valence-corrected chi connectivity index (χ0v) is 15.5. The number of halogens is 1. The molecule has 4 rings (SSSR count). The lowest BCUT2D eigenvalue weighted by atomic mass is 9.99. The van der Waals surface area contributed by atoms with Crippen molar-refractivity contribution in [3.8, 4) is 11.3 Å². The van der Waals surface area contributed by atoms with Gasteiger partial charge in [-0.1, -0.05) is 12.1 Å². The van der Waals surface area contributed by atoms with Crippen molar-refractivity contribution < 1.29 is 9.18 Å². The topological polar surface area (TPSA) is 85.0 Å². The van der Waals surface area contributed by atoms with Gasteiger partial charge in [-0.25, -0.2) is 4.39 Å². The zero-order chi connectivity index (χ0) is 19.0. The lowest BCUT2D eigenvalue weighted by Gasteiger charge is -2.24. The summed E-state index contributed by atoms with van der Waals surface area (Å²) in [5, 5.41) is 10.4. The van der Waals surface area contributed by atoms with E-state index in [1.54, 1.807) is 12.3 Å². The number of aryl methyl sites for hydroxylation is 1. The number of hydrogen-bond acceptors (Lipinski definition) is 4. The molecule has 1 aliphatic heterocycles. The summed E-state index contributed by atoms with van der Waals surface area (Å²) in [6.45, 7) is 2.72. The van der Waals surface area contributed by atoms with Crippen molar-refractivity contribution in [2.45, 2.75) is 57.4 Å². The second-order valence-corrected chi connectivity index (χ2v) is 7.57. The molecule has 2 heterocycles. The van der Waals surface area contributed by atoms with Gasteiger partial charge in [-0.3, -0.25) is 9.48 Å². The van der Waals surface area contributed by atoms with Crippen molar-refractivity contribution in [2.75, 3.05) is 0 Å². The number of nitrogens with two attached hydrogens (primary N) is 1. The average Bonchev–Trinajstić information content (AvgIpc) is 3.39. The molecule has 1 saturated carbocycles. The van der Waals surface area contributed by atoms with Gasteiger partial charge >= 0.3 is 0 Å². The molecule has 0 spiro atoms. The first-order valence-electron chi connectivity index (χ1n) is 9.67. The Bertz CT molecular complexity index is 836. The number of carbonyl (C=O) groups is 1. The minimum Gasteiger partial charge on any atom is -0.339 e. The van der Waals surface area contributed by atoms with E-state index in [0.717, 1.165) is 37.1 Å². The normalized spacial score (nSPS) is 24.9.